The van der Waals surface area contributed by atoms with E-state index in [1.807, 2.05) is 0 Å². The lowest BCUT2D eigenvalue weighted by atomic mass is 10.3. The van der Waals surface area contributed by atoms with Crippen molar-refractivity contribution >= 4 is 23.2 Å². The van der Waals surface area contributed by atoms with Gasteiger partial charge in [-0.25, -0.2) is 4.98 Å². The van der Waals surface area contributed by atoms with Crippen molar-refractivity contribution in [2.45, 2.75) is 13.0 Å². The first-order chi connectivity index (χ1) is 7.58. The van der Waals surface area contributed by atoms with Crippen molar-refractivity contribution in [1.29, 1.82) is 0 Å². The fourth-order valence-corrected chi connectivity index (χ4v) is 1.56. The molecule has 0 saturated carbocycles. The van der Waals surface area contributed by atoms with Crippen molar-refractivity contribution in [3.63, 3.8) is 0 Å². The van der Waals surface area contributed by atoms with Gasteiger partial charge in [0.25, 0.3) is 0 Å². The van der Waals surface area contributed by atoms with Gasteiger partial charge in [-0.05, 0) is 13.0 Å². The summed E-state index contributed by atoms with van der Waals surface area (Å²) in [6.45, 7) is 1.74. The standard InChI is InChI=1S/C9H8Cl2N4O/c1-4(12)9-14-8(15-16-9)7-6(11)2-5(10)3-13-7/h2-4H,12H2,1H3/t4-/m0/s1. The highest BCUT2D eigenvalue weighted by molar-refractivity contribution is 6.35. The van der Waals surface area contributed by atoms with Gasteiger partial charge in [-0.2, -0.15) is 4.98 Å². The van der Waals surface area contributed by atoms with Gasteiger partial charge in [-0.15, -0.1) is 0 Å². The molecule has 7 heteroatoms. The van der Waals surface area contributed by atoms with E-state index in [0.717, 1.165) is 0 Å². The zero-order chi connectivity index (χ0) is 11.7. The van der Waals surface area contributed by atoms with E-state index in [2.05, 4.69) is 15.1 Å². The Bertz CT molecular complexity index is 512. The van der Waals surface area contributed by atoms with E-state index in [-0.39, 0.29) is 6.04 Å². The Hall–Kier alpha value is -1.17. The molecular formula is C9H8Cl2N4O. The first-order valence-corrected chi connectivity index (χ1v) is 5.24. The van der Waals surface area contributed by atoms with E-state index >= 15 is 0 Å². The highest BCUT2D eigenvalue weighted by atomic mass is 35.5. The van der Waals surface area contributed by atoms with Crippen LogP contribution in [0.5, 0.6) is 0 Å². The summed E-state index contributed by atoms with van der Waals surface area (Å²) in [6, 6.07) is 1.24. The molecule has 2 N–H and O–H groups in total. The molecule has 0 fully saturated rings. The third kappa shape index (κ3) is 2.16. The summed E-state index contributed by atoms with van der Waals surface area (Å²) in [5, 5.41) is 4.56. The maximum atomic E-state index is 5.95. The molecule has 0 amide bonds. The van der Waals surface area contributed by atoms with Gasteiger partial charge < -0.3 is 10.3 Å². The molecule has 5 nitrogen and oxygen atoms in total. The molecule has 0 spiro atoms. The Labute approximate surface area is 102 Å². The van der Waals surface area contributed by atoms with Crippen LogP contribution in [-0.4, -0.2) is 15.1 Å². The molecule has 0 aromatic carbocycles. The molecule has 0 aliphatic heterocycles. The van der Waals surface area contributed by atoms with Crippen molar-refractivity contribution in [2.75, 3.05) is 0 Å². The second-order valence-electron chi connectivity index (χ2n) is 3.23. The minimum Gasteiger partial charge on any atom is -0.337 e. The van der Waals surface area contributed by atoms with Gasteiger partial charge in [-0.3, -0.25) is 0 Å². The molecule has 0 unspecified atom stereocenters. The fourth-order valence-electron chi connectivity index (χ4n) is 1.10. The molecule has 0 saturated heterocycles. The zero-order valence-corrected chi connectivity index (χ0v) is 9.83. The normalized spacial score (nSPS) is 12.8. The maximum absolute atomic E-state index is 5.95. The molecule has 0 radical (unpaired) electrons. The van der Waals surface area contributed by atoms with E-state index in [4.69, 9.17) is 33.5 Å². The predicted octanol–water partition coefficient (Wildman–Crippen LogP) is 2.46. The van der Waals surface area contributed by atoms with Crippen molar-refractivity contribution in [3.8, 4) is 11.5 Å². The van der Waals surface area contributed by atoms with Gasteiger partial charge in [0, 0.05) is 6.20 Å². The molecule has 2 rings (SSSR count). The number of aromatic nitrogens is 3. The summed E-state index contributed by atoms with van der Waals surface area (Å²) in [4.78, 5) is 8.11. The lowest BCUT2D eigenvalue weighted by Gasteiger charge is -1.97. The molecule has 0 bridgehead atoms. The van der Waals surface area contributed by atoms with E-state index in [0.29, 0.717) is 27.5 Å². The van der Waals surface area contributed by atoms with Crippen LogP contribution in [0.2, 0.25) is 10.0 Å². The number of hydrogen-bond acceptors (Lipinski definition) is 5. The quantitative estimate of drug-likeness (QED) is 0.896. The number of hydrogen-bond donors (Lipinski definition) is 1. The summed E-state index contributed by atoms with van der Waals surface area (Å²) >= 11 is 11.7. The second kappa shape index (κ2) is 4.37. The lowest BCUT2D eigenvalue weighted by Crippen LogP contribution is -2.04. The van der Waals surface area contributed by atoms with Crippen LogP contribution >= 0.6 is 23.2 Å². The van der Waals surface area contributed by atoms with Crippen molar-refractivity contribution in [1.82, 2.24) is 15.1 Å². The van der Waals surface area contributed by atoms with Gasteiger partial charge in [0.1, 0.15) is 5.69 Å². The van der Waals surface area contributed by atoms with Crippen LogP contribution in [0.25, 0.3) is 11.5 Å². The largest absolute Gasteiger partial charge is 0.337 e. The average molecular weight is 259 g/mol. The maximum Gasteiger partial charge on any atom is 0.243 e. The molecule has 2 aromatic heterocycles. The van der Waals surface area contributed by atoms with Crippen LogP contribution in [0, 0.1) is 0 Å². The first kappa shape index (κ1) is 11.3. The van der Waals surface area contributed by atoms with E-state index in [1.165, 1.54) is 6.20 Å². The third-order valence-corrected chi connectivity index (χ3v) is 2.35. The number of nitrogens with zero attached hydrogens (tertiary/aromatic N) is 3. The molecule has 2 aromatic rings. The van der Waals surface area contributed by atoms with Gasteiger partial charge in [0.2, 0.25) is 11.7 Å². The highest BCUT2D eigenvalue weighted by Gasteiger charge is 2.15. The summed E-state index contributed by atoms with van der Waals surface area (Å²) < 4.78 is 4.95. The molecule has 0 aliphatic carbocycles. The summed E-state index contributed by atoms with van der Waals surface area (Å²) in [7, 11) is 0. The molecule has 84 valence electrons. The Kier molecular flexibility index (Phi) is 3.09. The molecular weight excluding hydrogens is 251 g/mol. The van der Waals surface area contributed by atoms with Crippen LogP contribution < -0.4 is 5.73 Å². The SMILES string of the molecule is C[C@H](N)c1nc(-c2ncc(Cl)cc2Cl)no1. The Balaban J connectivity index is 2.42. The van der Waals surface area contributed by atoms with Crippen molar-refractivity contribution < 1.29 is 4.52 Å². The van der Waals surface area contributed by atoms with Crippen LogP contribution in [-0.2, 0) is 0 Å². The summed E-state index contributed by atoms with van der Waals surface area (Å²) in [6.07, 6.45) is 1.46. The van der Waals surface area contributed by atoms with Crippen molar-refractivity contribution in [3.05, 3.63) is 28.2 Å². The highest BCUT2D eigenvalue weighted by Crippen LogP contribution is 2.26. The number of halogens is 2. The third-order valence-electron chi connectivity index (χ3n) is 1.85. The van der Waals surface area contributed by atoms with E-state index in [9.17, 15) is 0 Å². The minimum absolute atomic E-state index is 0.300. The fraction of sp³-hybridized carbons (Fsp3) is 0.222. The summed E-state index contributed by atoms with van der Waals surface area (Å²) in [5.74, 6) is 0.636. The van der Waals surface area contributed by atoms with Crippen molar-refractivity contribution in [2.24, 2.45) is 5.73 Å². The van der Waals surface area contributed by atoms with Crippen LogP contribution in [0.4, 0.5) is 0 Å². The number of rotatable bonds is 2. The number of pyridine rings is 1. The zero-order valence-electron chi connectivity index (χ0n) is 8.32. The van der Waals surface area contributed by atoms with Gasteiger partial charge in [0.05, 0.1) is 16.1 Å². The average Bonchev–Trinajstić information content (AvgIpc) is 2.66. The monoisotopic (exact) mass is 258 g/mol. The van der Waals surface area contributed by atoms with Gasteiger partial charge >= 0.3 is 0 Å². The topological polar surface area (TPSA) is 77.8 Å². The van der Waals surface area contributed by atoms with E-state index in [1.54, 1.807) is 13.0 Å². The molecule has 2 heterocycles. The Morgan fingerprint density at radius 2 is 2.19 bits per heavy atom. The first-order valence-electron chi connectivity index (χ1n) is 4.48. The Morgan fingerprint density at radius 3 is 2.75 bits per heavy atom. The molecule has 0 aliphatic rings. The van der Waals surface area contributed by atoms with Gasteiger partial charge in [-0.1, -0.05) is 28.4 Å². The summed E-state index contributed by atoms with van der Waals surface area (Å²) in [5.41, 5.74) is 6.01. The predicted molar refractivity (Wildman–Crippen MR) is 60.2 cm³/mol. The van der Waals surface area contributed by atoms with Crippen LogP contribution in [0.15, 0.2) is 16.8 Å². The van der Waals surface area contributed by atoms with E-state index < -0.39 is 0 Å². The lowest BCUT2D eigenvalue weighted by molar-refractivity contribution is 0.362. The second-order valence-corrected chi connectivity index (χ2v) is 4.07. The van der Waals surface area contributed by atoms with Crippen LogP contribution in [0.1, 0.15) is 18.9 Å². The number of nitrogens with two attached hydrogens (primary N) is 1. The molecule has 16 heavy (non-hydrogen) atoms. The van der Waals surface area contributed by atoms with Gasteiger partial charge in [0.15, 0.2) is 0 Å². The smallest absolute Gasteiger partial charge is 0.243 e. The van der Waals surface area contributed by atoms with Crippen LogP contribution in [0.3, 0.4) is 0 Å². The minimum atomic E-state index is -0.327. The molecule has 1 atom stereocenters. The Morgan fingerprint density at radius 1 is 1.44 bits per heavy atom.